The van der Waals surface area contributed by atoms with Crippen molar-refractivity contribution in [3.05, 3.63) is 40.7 Å². The van der Waals surface area contributed by atoms with Crippen molar-refractivity contribution in [3.63, 3.8) is 0 Å². The van der Waals surface area contributed by atoms with Crippen molar-refractivity contribution in [2.75, 3.05) is 0 Å². The first-order valence-electron chi connectivity index (χ1n) is 4.84. The van der Waals surface area contributed by atoms with Gasteiger partial charge in [0.2, 0.25) is 0 Å². The van der Waals surface area contributed by atoms with Crippen LogP contribution in [0.15, 0.2) is 24.4 Å². The van der Waals surface area contributed by atoms with Gasteiger partial charge in [0.1, 0.15) is 10.8 Å². The van der Waals surface area contributed by atoms with E-state index in [-0.39, 0.29) is 17.2 Å². The minimum absolute atomic E-state index is 0.114. The summed E-state index contributed by atoms with van der Waals surface area (Å²) in [7, 11) is 0. The molecule has 0 aliphatic rings. The van der Waals surface area contributed by atoms with Gasteiger partial charge in [0.25, 0.3) is 0 Å². The molecular formula is C11H7F4NOS. The number of halogens is 4. The van der Waals surface area contributed by atoms with Crippen LogP contribution in [-0.2, 0) is 12.8 Å². The molecule has 7 heteroatoms. The molecule has 0 aliphatic carbocycles. The van der Waals surface area contributed by atoms with Gasteiger partial charge in [-0.2, -0.15) is 13.2 Å². The molecule has 1 aromatic carbocycles. The van der Waals surface area contributed by atoms with Crippen molar-refractivity contribution in [3.8, 4) is 10.6 Å². The van der Waals surface area contributed by atoms with Gasteiger partial charge in [0.05, 0.1) is 17.0 Å². The van der Waals surface area contributed by atoms with Crippen LogP contribution < -0.4 is 0 Å². The second kappa shape index (κ2) is 4.66. The van der Waals surface area contributed by atoms with Crippen molar-refractivity contribution >= 4 is 11.3 Å². The molecule has 0 saturated heterocycles. The fourth-order valence-electron chi connectivity index (χ4n) is 1.37. The Bertz CT molecular complexity index is 564. The second-order valence-corrected chi connectivity index (χ2v) is 4.60. The highest BCUT2D eigenvalue weighted by molar-refractivity contribution is 7.15. The Morgan fingerprint density at radius 2 is 2.00 bits per heavy atom. The summed E-state index contributed by atoms with van der Waals surface area (Å²) in [5, 5.41) is 8.96. The largest absolute Gasteiger partial charge is 0.416 e. The van der Waals surface area contributed by atoms with E-state index < -0.39 is 17.6 Å². The zero-order valence-corrected chi connectivity index (χ0v) is 9.65. The number of aliphatic hydroxyl groups excluding tert-OH is 1. The maximum Gasteiger partial charge on any atom is 0.416 e. The van der Waals surface area contributed by atoms with Crippen LogP contribution in [0, 0.1) is 5.82 Å². The van der Waals surface area contributed by atoms with E-state index in [2.05, 4.69) is 4.98 Å². The van der Waals surface area contributed by atoms with Gasteiger partial charge in [0.15, 0.2) is 0 Å². The van der Waals surface area contributed by atoms with Crippen LogP contribution >= 0.6 is 11.3 Å². The predicted octanol–water partition coefficient (Wildman–Crippen LogP) is 3.46. The van der Waals surface area contributed by atoms with Gasteiger partial charge < -0.3 is 5.11 Å². The topological polar surface area (TPSA) is 33.1 Å². The van der Waals surface area contributed by atoms with E-state index in [0.29, 0.717) is 10.9 Å². The molecule has 0 amide bonds. The van der Waals surface area contributed by atoms with Gasteiger partial charge in [0, 0.05) is 11.8 Å². The van der Waals surface area contributed by atoms with E-state index in [9.17, 15) is 17.6 Å². The first-order valence-corrected chi connectivity index (χ1v) is 5.66. The van der Waals surface area contributed by atoms with Crippen LogP contribution in [0.2, 0.25) is 0 Å². The fourth-order valence-corrected chi connectivity index (χ4v) is 2.16. The maximum atomic E-state index is 13.5. The third-order valence-corrected chi connectivity index (χ3v) is 3.25. The summed E-state index contributed by atoms with van der Waals surface area (Å²) in [6.07, 6.45) is -3.22. The lowest BCUT2D eigenvalue weighted by Gasteiger charge is -2.08. The van der Waals surface area contributed by atoms with Gasteiger partial charge in [-0.3, -0.25) is 0 Å². The minimum atomic E-state index is -4.53. The van der Waals surface area contributed by atoms with E-state index in [0.717, 1.165) is 23.5 Å². The van der Waals surface area contributed by atoms with Crippen LogP contribution in [0.5, 0.6) is 0 Å². The number of hydrogen-bond donors (Lipinski definition) is 1. The molecule has 1 heterocycles. The van der Waals surface area contributed by atoms with Crippen molar-refractivity contribution in [2.45, 2.75) is 12.8 Å². The zero-order valence-electron chi connectivity index (χ0n) is 8.83. The van der Waals surface area contributed by atoms with Gasteiger partial charge in [-0.25, -0.2) is 9.37 Å². The Morgan fingerprint density at radius 3 is 2.56 bits per heavy atom. The van der Waals surface area contributed by atoms with Crippen molar-refractivity contribution in [1.82, 2.24) is 4.98 Å². The summed E-state index contributed by atoms with van der Waals surface area (Å²) < 4.78 is 51.0. The quantitative estimate of drug-likeness (QED) is 0.853. The Balaban J connectivity index is 2.49. The lowest BCUT2D eigenvalue weighted by atomic mass is 10.1. The maximum absolute atomic E-state index is 13.5. The molecule has 96 valence electrons. The summed E-state index contributed by atoms with van der Waals surface area (Å²) in [6, 6.07) is 2.16. The highest BCUT2D eigenvalue weighted by atomic mass is 32.1. The number of aromatic nitrogens is 1. The lowest BCUT2D eigenvalue weighted by Crippen LogP contribution is -2.05. The average molecular weight is 277 g/mol. The van der Waals surface area contributed by atoms with Crippen LogP contribution in [0.3, 0.4) is 0 Å². The Labute approximate surface area is 104 Å². The van der Waals surface area contributed by atoms with Crippen LogP contribution in [-0.4, -0.2) is 10.1 Å². The fraction of sp³-hybridized carbons (Fsp3) is 0.182. The highest BCUT2D eigenvalue weighted by Crippen LogP contribution is 2.34. The van der Waals surface area contributed by atoms with E-state index in [4.69, 9.17) is 5.11 Å². The first-order chi connectivity index (χ1) is 8.41. The standard InChI is InChI=1S/C11H7F4NOS/c12-9-2-1-6(11(13,14)15)3-8(9)10-16-4-7(5-17)18-10/h1-4,17H,5H2. The second-order valence-electron chi connectivity index (χ2n) is 3.48. The Morgan fingerprint density at radius 1 is 1.28 bits per heavy atom. The average Bonchev–Trinajstić information content (AvgIpc) is 2.76. The summed E-state index contributed by atoms with van der Waals surface area (Å²) >= 11 is 0.951. The number of rotatable bonds is 2. The SMILES string of the molecule is OCc1cnc(-c2cc(C(F)(F)F)ccc2F)s1. The molecule has 0 atom stereocenters. The smallest absolute Gasteiger partial charge is 0.391 e. The van der Waals surface area contributed by atoms with Crippen LogP contribution in [0.4, 0.5) is 17.6 Å². The van der Waals surface area contributed by atoms with E-state index in [1.165, 1.54) is 6.20 Å². The molecule has 1 N–H and O–H groups in total. The lowest BCUT2D eigenvalue weighted by molar-refractivity contribution is -0.137. The van der Waals surface area contributed by atoms with Crippen LogP contribution in [0.25, 0.3) is 10.6 Å². The molecule has 0 bridgehead atoms. The Hall–Kier alpha value is -1.47. The molecule has 0 spiro atoms. The molecular weight excluding hydrogens is 270 g/mol. The molecule has 0 fully saturated rings. The molecule has 0 unspecified atom stereocenters. The number of alkyl halides is 3. The zero-order chi connectivity index (χ0) is 13.3. The van der Waals surface area contributed by atoms with Gasteiger partial charge in [-0.05, 0) is 18.2 Å². The first kappa shape index (κ1) is 13.0. The predicted molar refractivity (Wildman–Crippen MR) is 58.4 cm³/mol. The van der Waals surface area contributed by atoms with Crippen molar-refractivity contribution in [1.29, 1.82) is 0 Å². The number of nitrogens with zero attached hydrogens (tertiary/aromatic N) is 1. The normalized spacial score (nSPS) is 11.8. The van der Waals surface area contributed by atoms with Gasteiger partial charge >= 0.3 is 6.18 Å². The number of benzene rings is 1. The summed E-state index contributed by atoms with van der Waals surface area (Å²) in [5.74, 6) is -0.776. The molecule has 2 rings (SSSR count). The van der Waals surface area contributed by atoms with E-state index in [1.807, 2.05) is 0 Å². The summed E-state index contributed by atoms with van der Waals surface area (Å²) in [6.45, 7) is -0.280. The molecule has 2 aromatic rings. The molecule has 0 saturated carbocycles. The Kier molecular flexibility index (Phi) is 3.36. The van der Waals surface area contributed by atoms with Crippen LogP contribution in [0.1, 0.15) is 10.4 Å². The third kappa shape index (κ3) is 2.51. The summed E-state index contributed by atoms with van der Waals surface area (Å²) in [4.78, 5) is 4.25. The molecule has 0 aliphatic heterocycles. The van der Waals surface area contributed by atoms with Gasteiger partial charge in [-0.15, -0.1) is 11.3 Å². The molecule has 2 nitrogen and oxygen atoms in total. The van der Waals surface area contributed by atoms with Crippen molar-refractivity contribution < 1.29 is 22.7 Å². The minimum Gasteiger partial charge on any atom is -0.391 e. The van der Waals surface area contributed by atoms with Gasteiger partial charge in [-0.1, -0.05) is 0 Å². The van der Waals surface area contributed by atoms with Crippen molar-refractivity contribution in [2.24, 2.45) is 0 Å². The summed E-state index contributed by atoms with van der Waals surface area (Å²) in [5.41, 5.74) is -1.14. The van der Waals surface area contributed by atoms with E-state index >= 15 is 0 Å². The monoisotopic (exact) mass is 277 g/mol. The number of thiazole rings is 1. The molecule has 0 radical (unpaired) electrons. The number of hydrogen-bond acceptors (Lipinski definition) is 3. The molecule has 18 heavy (non-hydrogen) atoms. The van der Waals surface area contributed by atoms with E-state index in [1.54, 1.807) is 0 Å². The molecule has 1 aromatic heterocycles. The highest BCUT2D eigenvalue weighted by Gasteiger charge is 2.31. The third-order valence-electron chi connectivity index (χ3n) is 2.23. The number of aliphatic hydroxyl groups is 1.